The van der Waals surface area contributed by atoms with E-state index in [-0.39, 0.29) is 23.6 Å². The number of hydrogen-bond donors (Lipinski definition) is 2. The first-order valence-electron chi connectivity index (χ1n) is 9.90. The van der Waals surface area contributed by atoms with E-state index in [2.05, 4.69) is 4.98 Å². The zero-order valence-corrected chi connectivity index (χ0v) is 17.2. The van der Waals surface area contributed by atoms with Gasteiger partial charge in [-0.2, -0.15) is 0 Å². The van der Waals surface area contributed by atoms with Crippen LogP contribution in [0.15, 0.2) is 72.6 Å². The van der Waals surface area contributed by atoms with E-state index >= 15 is 0 Å². The number of aromatic hydroxyl groups is 1. The summed E-state index contributed by atoms with van der Waals surface area (Å²) in [6.07, 6.45) is 3.25. The van der Waals surface area contributed by atoms with Crippen molar-refractivity contribution < 1.29 is 19.8 Å². The van der Waals surface area contributed by atoms with Gasteiger partial charge < -0.3 is 15.1 Å². The number of rotatable bonds is 4. The Morgan fingerprint density at radius 1 is 1.00 bits per heavy atom. The monoisotopic (exact) mass is 414 g/mol. The molecule has 156 valence electrons. The third-order valence-corrected chi connectivity index (χ3v) is 5.50. The van der Waals surface area contributed by atoms with Crippen molar-refractivity contribution in [3.63, 3.8) is 0 Å². The number of ketones is 1. The van der Waals surface area contributed by atoms with Gasteiger partial charge >= 0.3 is 0 Å². The maximum absolute atomic E-state index is 13.1. The SMILES string of the molecule is Cc1ccc(C)c(C(O)=C2C(=O)C(=O)N(Cc3ccncc3)C2c2ccc(O)cc2)c1. The molecule has 0 radical (unpaired) electrons. The molecule has 6 nitrogen and oxygen atoms in total. The molecule has 3 aromatic rings. The van der Waals surface area contributed by atoms with Gasteiger partial charge in [-0.15, -0.1) is 0 Å². The zero-order valence-electron chi connectivity index (χ0n) is 17.2. The standard InChI is InChI=1S/C25H22N2O4/c1-15-3-4-16(2)20(13-15)23(29)21-22(18-5-7-19(28)8-6-18)27(25(31)24(21)30)14-17-9-11-26-12-10-17/h3-13,22,28-29H,14H2,1-2H3. The lowest BCUT2D eigenvalue weighted by molar-refractivity contribution is -0.140. The zero-order chi connectivity index (χ0) is 22.1. The molecule has 1 aliphatic heterocycles. The van der Waals surface area contributed by atoms with E-state index in [4.69, 9.17) is 0 Å². The minimum atomic E-state index is -0.784. The Morgan fingerprint density at radius 3 is 2.35 bits per heavy atom. The van der Waals surface area contributed by atoms with Gasteiger partial charge in [0.1, 0.15) is 11.5 Å². The van der Waals surface area contributed by atoms with E-state index in [1.165, 1.54) is 17.0 Å². The van der Waals surface area contributed by atoms with Crippen molar-refractivity contribution in [2.45, 2.75) is 26.4 Å². The van der Waals surface area contributed by atoms with Crippen LogP contribution < -0.4 is 0 Å². The third-order valence-electron chi connectivity index (χ3n) is 5.50. The van der Waals surface area contributed by atoms with Crippen LogP contribution in [0.25, 0.3) is 5.76 Å². The summed E-state index contributed by atoms with van der Waals surface area (Å²) >= 11 is 0. The van der Waals surface area contributed by atoms with Crippen LogP contribution in [0.1, 0.15) is 33.9 Å². The number of nitrogens with zero attached hydrogens (tertiary/aromatic N) is 2. The minimum Gasteiger partial charge on any atom is -0.508 e. The van der Waals surface area contributed by atoms with Crippen molar-refractivity contribution >= 4 is 17.4 Å². The van der Waals surface area contributed by atoms with Crippen molar-refractivity contribution in [3.05, 3.63) is 100 Å². The lowest BCUT2D eigenvalue weighted by atomic mass is 9.93. The second-order valence-electron chi connectivity index (χ2n) is 7.69. The summed E-state index contributed by atoms with van der Waals surface area (Å²) in [5.74, 6) is -1.54. The summed E-state index contributed by atoms with van der Waals surface area (Å²) in [4.78, 5) is 31.6. The highest BCUT2D eigenvalue weighted by atomic mass is 16.3. The number of carbonyl (C=O) groups is 2. The molecule has 4 rings (SSSR count). The molecule has 0 aliphatic carbocycles. The quantitative estimate of drug-likeness (QED) is 0.382. The van der Waals surface area contributed by atoms with E-state index in [9.17, 15) is 19.8 Å². The topological polar surface area (TPSA) is 90.7 Å². The average molecular weight is 414 g/mol. The molecule has 2 heterocycles. The first kappa shape index (κ1) is 20.3. The molecule has 1 atom stereocenters. The maximum Gasteiger partial charge on any atom is 0.295 e. The molecule has 1 aliphatic rings. The number of aliphatic hydroxyl groups excluding tert-OH is 1. The van der Waals surface area contributed by atoms with Gasteiger partial charge in [-0.25, -0.2) is 0 Å². The van der Waals surface area contributed by atoms with E-state index in [1.54, 1.807) is 42.7 Å². The van der Waals surface area contributed by atoms with E-state index < -0.39 is 17.7 Å². The molecule has 6 heteroatoms. The first-order valence-corrected chi connectivity index (χ1v) is 9.90. The second kappa shape index (κ2) is 8.07. The molecule has 1 fully saturated rings. The van der Waals surface area contributed by atoms with Crippen molar-refractivity contribution in [2.75, 3.05) is 0 Å². The van der Waals surface area contributed by atoms with Crippen molar-refractivity contribution in [2.24, 2.45) is 0 Å². The predicted molar refractivity (Wildman–Crippen MR) is 116 cm³/mol. The normalized spacial score (nSPS) is 17.9. The molecular weight excluding hydrogens is 392 g/mol. The summed E-state index contributed by atoms with van der Waals surface area (Å²) < 4.78 is 0. The van der Waals surface area contributed by atoms with Gasteiger partial charge in [0.05, 0.1) is 11.6 Å². The Balaban J connectivity index is 1.90. The summed E-state index contributed by atoms with van der Waals surface area (Å²) in [5.41, 5.74) is 3.72. The number of benzene rings is 2. The molecule has 1 aromatic heterocycles. The Bertz CT molecular complexity index is 1180. The van der Waals surface area contributed by atoms with Gasteiger partial charge in [-0.3, -0.25) is 14.6 Å². The van der Waals surface area contributed by atoms with Crippen LogP contribution in [0.5, 0.6) is 5.75 Å². The Morgan fingerprint density at radius 2 is 1.68 bits per heavy atom. The second-order valence-corrected chi connectivity index (χ2v) is 7.69. The number of amides is 1. The first-order chi connectivity index (χ1) is 14.9. The summed E-state index contributed by atoms with van der Waals surface area (Å²) in [6.45, 7) is 3.93. The molecule has 1 unspecified atom stereocenters. The highest BCUT2D eigenvalue weighted by molar-refractivity contribution is 6.46. The number of phenolic OH excluding ortho intramolecular Hbond substituents is 1. The van der Waals surface area contributed by atoms with Crippen molar-refractivity contribution in [3.8, 4) is 5.75 Å². The number of aliphatic hydroxyl groups is 1. The van der Waals surface area contributed by atoms with Gasteiger partial charge in [-0.05, 0) is 60.9 Å². The van der Waals surface area contributed by atoms with Crippen molar-refractivity contribution in [1.29, 1.82) is 0 Å². The number of Topliss-reactive ketones (excluding diaryl/α,β-unsaturated/α-hetero) is 1. The largest absolute Gasteiger partial charge is 0.508 e. The molecule has 0 bridgehead atoms. The third kappa shape index (κ3) is 3.80. The van der Waals surface area contributed by atoms with E-state index in [0.29, 0.717) is 11.1 Å². The smallest absolute Gasteiger partial charge is 0.295 e. The van der Waals surface area contributed by atoms with Gasteiger partial charge in [0.2, 0.25) is 0 Å². The highest BCUT2D eigenvalue weighted by Gasteiger charge is 2.46. The summed E-state index contributed by atoms with van der Waals surface area (Å²) in [6, 6.07) is 14.7. The Labute approximate surface area is 180 Å². The summed E-state index contributed by atoms with van der Waals surface area (Å²) in [7, 11) is 0. The summed E-state index contributed by atoms with van der Waals surface area (Å²) in [5, 5.41) is 20.9. The molecule has 1 amide bonds. The van der Waals surface area contributed by atoms with Crippen LogP contribution in [-0.4, -0.2) is 31.8 Å². The molecular formula is C25H22N2O4. The van der Waals surface area contributed by atoms with Crippen LogP contribution in [0.4, 0.5) is 0 Å². The fourth-order valence-electron chi connectivity index (χ4n) is 3.87. The van der Waals surface area contributed by atoms with E-state index in [0.717, 1.165) is 16.7 Å². The molecule has 0 spiro atoms. The van der Waals surface area contributed by atoms with Crippen molar-refractivity contribution in [1.82, 2.24) is 9.88 Å². The number of aromatic nitrogens is 1. The van der Waals surface area contributed by atoms with Gasteiger partial charge in [0.15, 0.2) is 0 Å². The molecule has 31 heavy (non-hydrogen) atoms. The highest BCUT2D eigenvalue weighted by Crippen LogP contribution is 2.41. The molecule has 2 aromatic carbocycles. The lowest BCUT2D eigenvalue weighted by Crippen LogP contribution is -2.29. The predicted octanol–water partition coefficient (Wildman–Crippen LogP) is 4.03. The van der Waals surface area contributed by atoms with Crippen LogP contribution in [0.2, 0.25) is 0 Å². The number of phenols is 1. The van der Waals surface area contributed by atoms with Crippen LogP contribution in [-0.2, 0) is 16.1 Å². The van der Waals surface area contributed by atoms with E-state index in [1.807, 2.05) is 26.0 Å². The number of pyridine rings is 1. The number of carbonyl (C=O) groups excluding carboxylic acids is 2. The molecule has 0 saturated carbocycles. The number of likely N-dealkylation sites (tertiary alicyclic amines) is 1. The lowest BCUT2D eigenvalue weighted by Gasteiger charge is -2.25. The average Bonchev–Trinajstić information content (AvgIpc) is 3.01. The Kier molecular flexibility index (Phi) is 5.29. The fourth-order valence-corrected chi connectivity index (χ4v) is 3.87. The van der Waals surface area contributed by atoms with Gasteiger partial charge in [0, 0.05) is 24.5 Å². The van der Waals surface area contributed by atoms with Gasteiger partial charge in [0.25, 0.3) is 11.7 Å². The minimum absolute atomic E-state index is 0.0402. The number of aryl methyl sites for hydroxylation is 2. The fraction of sp³-hybridized carbons (Fsp3) is 0.160. The van der Waals surface area contributed by atoms with Crippen LogP contribution in [0, 0.1) is 13.8 Å². The Hall–Kier alpha value is -3.93. The number of hydrogen-bond acceptors (Lipinski definition) is 5. The maximum atomic E-state index is 13.1. The van der Waals surface area contributed by atoms with Crippen LogP contribution >= 0.6 is 0 Å². The molecule has 2 N–H and O–H groups in total. The molecule has 1 saturated heterocycles. The van der Waals surface area contributed by atoms with Crippen LogP contribution in [0.3, 0.4) is 0 Å². The van der Waals surface area contributed by atoms with Gasteiger partial charge in [-0.1, -0.05) is 29.8 Å².